The van der Waals surface area contributed by atoms with Crippen molar-refractivity contribution in [2.24, 2.45) is 7.05 Å². The Morgan fingerprint density at radius 3 is 2.65 bits per heavy atom. The van der Waals surface area contributed by atoms with Crippen molar-refractivity contribution in [1.82, 2.24) is 19.7 Å². The number of sulfone groups is 1. The predicted molar refractivity (Wildman–Crippen MR) is 81.4 cm³/mol. The second-order valence-corrected chi connectivity index (χ2v) is 6.89. The summed E-state index contributed by atoms with van der Waals surface area (Å²) in [6, 6.07) is 4.45. The fourth-order valence-electron chi connectivity index (χ4n) is 2.23. The zero-order chi connectivity index (χ0) is 16.8. The number of nitrogens with zero attached hydrogens (tertiary/aromatic N) is 4. The third-order valence-electron chi connectivity index (χ3n) is 3.32. The highest BCUT2D eigenvalue weighted by Crippen LogP contribution is 2.29. The van der Waals surface area contributed by atoms with Gasteiger partial charge in [-0.25, -0.2) is 22.5 Å². The largest absolute Gasteiger partial charge is 0.494 e. The maximum Gasteiger partial charge on any atom is 0.248 e. The lowest BCUT2D eigenvalue weighted by Gasteiger charge is -2.03. The van der Waals surface area contributed by atoms with E-state index in [0.717, 1.165) is 6.26 Å². The Labute approximate surface area is 131 Å². The lowest BCUT2D eigenvalue weighted by Crippen LogP contribution is -2.04. The molecule has 7 nitrogen and oxygen atoms in total. The molecule has 2 heterocycles. The number of benzene rings is 1. The van der Waals surface area contributed by atoms with Gasteiger partial charge in [-0.05, 0) is 18.2 Å². The number of aryl methyl sites for hydroxylation is 1. The fraction of sp³-hybridized carbons (Fsp3) is 0.214. The van der Waals surface area contributed by atoms with Crippen LogP contribution < -0.4 is 4.74 Å². The summed E-state index contributed by atoms with van der Waals surface area (Å²) in [7, 11) is -0.509. The number of fused-ring (bicyclic) bond motifs is 1. The standard InChI is InChI=1S/C14H13FN4O3S/c1-19-13-9(7-16-14(17-13)23(3,20)21)12(18-19)8-4-5-11(22-2)10(15)6-8/h4-7H,1-3H3. The summed E-state index contributed by atoms with van der Waals surface area (Å²) in [6.45, 7) is 0. The van der Waals surface area contributed by atoms with Crippen molar-refractivity contribution in [3.05, 3.63) is 30.2 Å². The third kappa shape index (κ3) is 2.63. The quantitative estimate of drug-likeness (QED) is 0.675. The molecule has 3 aromatic rings. The average Bonchev–Trinajstić information content (AvgIpc) is 2.83. The van der Waals surface area contributed by atoms with Crippen molar-refractivity contribution in [2.45, 2.75) is 5.16 Å². The van der Waals surface area contributed by atoms with E-state index in [9.17, 15) is 12.8 Å². The van der Waals surface area contributed by atoms with Crippen molar-refractivity contribution in [2.75, 3.05) is 13.4 Å². The first-order valence-corrected chi connectivity index (χ1v) is 8.44. The first-order valence-electron chi connectivity index (χ1n) is 6.55. The second-order valence-electron chi connectivity index (χ2n) is 4.98. The van der Waals surface area contributed by atoms with Gasteiger partial charge in [0, 0.05) is 25.1 Å². The van der Waals surface area contributed by atoms with Crippen LogP contribution in [0.25, 0.3) is 22.3 Å². The molecule has 0 fully saturated rings. The van der Waals surface area contributed by atoms with E-state index in [0.29, 0.717) is 22.3 Å². The van der Waals surface area contributed by atoms with Gasteiger partial charge in [-0.15, -0.1) is 0 Å². The molecule has 0 saturated carbocycles. The van der Waals surface area contributed by atoms with Crippen LogP contribution in [-0.2, 0) is 16.9 Å². The van der Waals surface area contributed by atoms with Gasteiger partial charge in [0.1, 0.15) is 5.69 Å². The molecule has 0 amide bonds. The van der Waals surface area contributed by atoms with Crippen LogP contribution in [0.1, 0.15) is 0 Å². The highest BCUT2D eigenvalue weighted by molar-refractivity contribution is 7.90. The van der Waals surface area contributed by atoms with Crippen LogP contribution in [0.2, 0.25) is 0 Å². The van der Waals surface area contributed by atoms with Crippen LogP contribution in [0, 0.1) is 5.82 Å². The Bertz CT molecular complexity index is 1010. The maximum absolute atomic E-state index is 13.9. The molecule has 0 atom stereocenters. The summed E-state index contributed by atoms with van der Waals surface area (Å²) in [6.07, 6.45) is 2.41. The Hall–Kier alpha value is -2.55. The molecule has 0 aliphatic rings. The summed E-state index contributed by atoms with van der Waals surface area (Å²) in [5.74, 6) is -0.387. The summed E-state index contributed by atoms with van der Waals surface area (Å²) in [5, 5.41) is 4.55. The summed E-state index contributed by atoms with van der Waals surface area (Å²) < 4.78 is 43.3. The van der Waals surface area contributed by atoms with Crippen LogP contribution in [0.3, 0.4) is 0 Å². The number of halogens is 1. The molecule has 3 rings (SSSR count). The van der Waals surface area contributed by atoms with Gasteiger partial charge in [-0.3, -0.25) is 0 Å². The lowest BCUT2D eigenvalue weighted by atomic mass is 10.1. The Balaban J connectivity index is 2.22. The molecule has 0 unspecified atom stereocenters. The molecule has 23 heavy (non-hydrogen) atoms. The highest BCUT2D eigenvalue weighted by Gasteiger charge is 2.18. The predicted octanol–water partition coefficient (Wildman–Crippen LogP) is 1.58. The fourth-order valence-corrected chi connectivity index (χ4v) is 2.72. The molecule has 1 aromatic carbocycles. The summed E-state index contributed by atoms with van der Waals surface area (Å²) >= 11 is 0. The van der Waals surface area contributed by atoms with Gasteiger partial charge in [0.2, 0.25) is 15.0 Å². The van der Waals surface area contributed by atoms with Crippen LogP contribution >= 0.6 is 0 Å². The molecule has 2 aromatic heterocycles. The van der Waals surface area contributed by atoms with Crippen LogP contribution in [0.4, 0.5) is 4.39 Å². The van der Waals surface area contributed by atoms with Crippen molar-refractivity contribution in [3.63, 3.8) is 0 Å². The molecule has 9 heteroatoms. The van der Waals surface area contributed by atoms with Crippen molar-refractivity contribution in [3.8, 4) is 17.0 Å². The Kier molecular flexibility index (Phi) is 3.52. The van der Waals surface area contributed by atoms with E-state index in [1.54, 1.807) is 13.1 Å². The van der Waals surface area contributed by atoms with Crippen LogP contribution in [0.15, 0.2) is 29.6 Å². The minimum absolute atomic E-state index is 0.129. The number of rotatable bonds is 3. The van der Waals surface area contributed by atoms with E-state index >= 15 is 0 Å². The topological polar surface area (TPSA) is 87.0 Å². The monoisotopic (exact) mass is 336 g/mol. The smallest absolute Gasteiger partial charge is 0.248 e. The molecule has 0 spiro atoms. The van der Waals surface area contributed by atoms with Gasteiger partial charge >= 0.3 is 0 Å². The Morgan fingerprint density at radius 1 is 1.30 bits per heavy atom. The SMILES string of the molecule is COc1ccc(-c2nn(C)c3nc(S(C)(=O)=O)ncc23)cc1F. The van der Waals surface area contributed by atoms with E-state index in [2.05, 4.69) is 15.1 Å². The molecular weight excluding hydrogens is 323 g/mol. The van der Waals surface area contributed by atoms with Crippen molar-refractivity contribution < 1.29 is 17.5 Å². The van der Waals surface area contributed by atoms with Gasteiger partial charge in [0.15, 0.2) is 17.2 Å². The normalized spacial score (nSPS) is 11.8. The van der Waals surface area contributed by atoms with E-state index in [1.165, 1.54) is 30.1 Å². The van der Waals surface area contributed by atoms with E-state index < -0.39 is 15.7 Å². The summed E-state index contributed by atoms with van der Waals surface area (Å²) in [4.78, 5) is 7.89. The summed E-state index contributed by atoms with van der Waals surface area (Å²) in [5.41, 5.74) is 1.33. The molecule has 0 saturated heterocycles. The van der Waals surface area contributed by atoms with Crippen molar-refractivity contribution in [1.29, 1.82) is 0 Å². The molecule has 0 aliphatic heterocycles. The maximum atomic E-state index is 13.9. The molecule has 120 valence electrons. The minimum Gasteiger partial charge on any atom is -0.494 e. The van der Waals surface area contributed by atoms with Gasteiger partial charge < -0.3 is 4.74 Å². The van der Waals surface area contributed by atoms with Crippen LogP contribution in [0.5, 0.6) is 5.75 Å². The minimum atomic E-state index is -3.52. The number of ether oxygens (including phenoxy) is 1. The van der Waals surface area contributed by atoms with Crippen LogP contribution in [-0.4, -0.2) is 41.5 Å². The number of methoxy groups -OCH3 is 1. The first-order chi connectivity index (χ1) is 10.8. The van der Waals surface area contributed by atoms with Gasteiger partial charge in [0.25, 0.3) is 0 Å². The van der Waals surface area contributed by atoms with E-state index in [-0.39, 0.29) is 10.9 Å². The zero-order valence-electron chi connectivity index (χ0n) is 12.6. The molecular formula is C14H13FN4O3S. The van der Waals surface area contributed by atoms with Crippen molar-refractivity contribution >= 4 is 20.9 Å². The molecule has 0 radical (unpaired) electrons. The van der Waals surface area contributed by atoms with Gasteiger partial charge in [-0.2, -0.15) is 10.1 Å². The third-order valence-corrected chi connectivity index (χ3v) is 4.18. The number of hydrogen-bond acceptors (Lipinski definition) is 6. The molecule has 0 bridgehead atoms. The Morgan fingerprint density at radius 2 is 2.04 bits per heavy atom. The lowest BCUT2D eigenvalue weighted by molar-refractivity contribution is 0.386. The highest BCUT2D eigenvalue weighted by atomic mass is 32.2. The second kappa shape index (κ2) is 5.27. The van der Waals surface area contributed by atoms with Gasteiger partial charge in [-0.1, -0.05) is 0 Å². The molecule has 0 N–H and O–H groups in total. The van der Waals surface area contributed by atoms with Gasteiger partial charge in [0.05, 0.1) is 12.5 Å². The number of hydrogen-bond donors (Lipinski definition) is 0. The first kappa shape index (κ1) is 15.3. The van der Waals surface area contributed by atoms with E-state index in [4.69, 9.17) is 4.74 Å². The number of aromatic nitrogens is 4. The zero-order valence-corrected chi connectivity index (χ0v) is 13.4. The molecule has 0 aliphatic carbocycles. The van der Waals surface area contributed by atoms with E-state index in [1.807, 2.05) is 0 Å². The average molecular weight is 336 g/mol.